The van der Waals surface area contributed by atoms with Gasteiger partial charge in [-0.15, -0.1) is 0 Å². The number of hydrogen-bond acceptors (Lipinski definition) is 4. The van der Waals surface area contributed by atoms with Crippen molar-refractivity contribution in [1.82, 2.24) is 14.7 Å². The molecule has 2 heterocycles. The van der Waals surface area contributed by atoms with Gasteiger partial charge in [-0.25, -0.2) is 0 Å². The Morgan fingerprint density at radius 3 is 2.45 bits per heavy atom. The van der Waals surface area contributed by atoms with Crippen LogP contribution in [0.15, 0.2) is 36.4 Å². The van der Waals surface area contributed by atoms with Gasteiger partial charge >= 0.3 is 0 Å². The molecule has 0 aliphatic carbocycles. The van der Waals surface area contributed by atoms with E-state index in [1.807, 2.05) is 59.8 Å². The smallest absolute Gasteiger partial charge is 0.257 e. The highest BCUT2D eigenvalue weighted by molar-refractivity contribution is 6.31. The summed E-state index contributed by atoms with van der Waals surface area (Å²) in [5, 5.41) is 5.33. The Labute approximate surface area is 187 Å². The molecule has 1 amide bonds. The molecule has 31 heavy (non-hydrogen) atoms. The molecule has 4 rings (SSSR count). The Bertz CT molecular complexity index is 1140. The van der Waals surface area contributed by atoms with Crippen molar-refractivity contribution in [1.29, 1.82) is 0 Å². The molecule has 1 aromatic heterocycles. The molecule has 0 N–H and O–H groups in total. The number of methoxy groups -OCH3 is 2. The number of nitrogens with zero attached hydrogens (tertiary/aromatic N) is 3. The minimum atomic E-state index is 0.000781. The van der Waals surface area contributed by atoms with Crippen LogP contribution in [0.3, 0.4) is 0 Å². The second-order valence-electron chi connectivity index (χ2n) is 7.75. The Morgan fingerprint density at radius 1 is 1.10 bits per heavy atom. The van der Waals surface area contributed by atoms with Crippen molar-refractivity contribution in [2.75, 3.05) is 20.8 Å². The van der Waals surface area contributed by atoms with Crippen LogP contribution in [0.5, 0.6) is 11.5 Å². The van der Waals surface area contributed by atoms with Gasteiger partial charge in [0.15, 0.2) is 11.5 Å². The summed E-state index contributed by atoms with van der Waals surface area (Å²) in [5.41, 5.74) is 5.48. The lowest BCUT2D eigenvalue weighted by molar-refractivity contribution is 0.0733. The van der Waals surface area contributed by atoms with E-state index in [2.05, 4.69) is 5.10 Å². The molecule has 1 aliphatic rings. The number of halogens is 1. The number of hydrogen-bond donors (Lipinski definition) is 0. The first kappa shape index (κ1) is 21.2. The Balaban J connectivity index is 1.59. The van der Waals surface area contributed by atoms with Crippen LogP contribution in [0, 0.1) is 13.8 Å². The first-order valence-electron chi connectivity index (χ1n) is 10.2. The molecule has 0 radical (unpaired) electrons. The first-order chi connectivity index (χ1) is 14.9. The van der Waals surface area contributed by atoms with Gasteiger partial charge in [0.05, 0.1) is 32.0 Å². The molecule has 0 fully saturated rings. The predicted molar refractivity (Wildman–Crippen MR) is 120 cm³/mol. The number of benzene rings is 2. The van der Waals surface area contributed by atoms with E-state index in [1.54, 1.807) is 14.2 Å². The number of carbonyl (C=O) groups excluding carboxylic acids is 1. The lowest BCUT2D eigenvalue weighted by Crippen LogP contribution is -2.36. The van der Waals surface area contributed by atoms with Crippen molar-refractivity contribution in [2.45, 2.75) is 33.4 Å². The highest BCUT2D eigenvalue weighted by atomic mass is 35.5. The van der Waals surface area contributed by atoms with E-state index in [9.17, 15) is 4.79 Å². The summed E-state index contributed by atoms with van der Waals surface area (Å²) >= 11 is 6.32. The van der Waals surface area contributed by atoms with Gasteiger partial charge in [-0.1, -0.05) is 29.8 Å². The molecule has 0 unspecified atom stereocenters. The van der Waals surface area contributed by atoms with Crippen molar-refractivity contribution in [3.8, 4) is 11.5 Å². The lowest BCUT2D eigenvalue weighted by atomic mass is 9.98. The van der Waals surface area contributed by atoms with Crippen LogP contribution < -0.4 is 9.47 Å². The van der Waals surface area contributed by atoms with E-state index < -0.39 is 0 Å². The molecular formula is C24H26ClN3O3. The Kier molecular flexibility index (Phi) is 5.92. The van der Waals surface area contributed by atoms with Crippen LogP contribution in [0.1, 0.15) is 38.4 Å². The number of amides is 1. The normalized spacial score (nSPS) is 13.1. The third-order valence-corrected chi connectivity index (χ3v) is 6.25. The summed E-state index contributed by atoms with van der Waals surface area (Å²) < 4.78 is 12.7. The highest BCUT2D eigenvalue weighted by Crippen LogP contribution is 2.34. The fraction of sp³-hybridized carbons (Fsp3) is 0.333. The largest absolute Gasteiger partial charge is 0.493 e. The van der Waals surface area contributed by atoms with Crippen molar-refractivity contribution >= 4 is 17.5 Å². The second kappa shape index (κ2) is 8.63. The van der Waals surface area contributed by atoms with Gasteiger partial charge in [-0.3, -0.25) is 9.48 Å². The van der Waals surface area contributed by atoms with E-state index >= 15 is 0 Å². The molecule has 7 heteroatoms. The Hall–Kier alpha value is -2.99. The van der Waals surface area contributed by atoms with Crippen LogP contribution in [-0.4, -0.2) is 41.4 Å². The first-order valence-corrected chi connectivity index (χ1v) is 10.6. The van der Waals surface area contributed by atoms with E-state index in [0.29, 0.717) is 41.7 Å². The zero-order chi connectivity index (χ0) is 22.1. The summed E-state index contributed by atoms with van der Waals surface area (Å²) in [7, 11) is 3.25. The quantitative estimate of drug-likeness (QED) is 0.590. The summed E-state index contributed by atoms with van der Waals surface area (Å²) in [5.74, 6) is 1.39. The number of rotatable bonds is 5. The van der Waals surface area contributed by atoms with Crippen LogP contribution in [0.2, 0.25) is 5.02 Å². The standard InChI is InChI=1S/C24H26ClN3O3/c1-15-23(16(2)28(26-15)14-18-7-5-6-8-20(18)25)24(29)27-10-9-17-11-21(30-3)22(31-4)12-19(17)13-27/h5-8,11-12H,9-10,13-14H2,1-4H3. The van der Waals surface area contributed by atoms with Gasteiger partial charge in [0.1, 0.15) is 0 Å². The molecule has 1 aliphatic heterocycles. The highest BCUT2D eigenvalue weighted by Gasteiger charge is 2.28. The van der Waals surface area contributed by atoms with Crippen molar-refractivity contribution < 1.29 is 14.3 Å². The molecule has 162 valence electrons. The van der Waals surface area contributed by atoms with Crippen LogP contribution in [0.4, 0.5) is 0 Å². The summed E-state index contributed by atoms with van der Waals surface area (Å²) in [6.45, 7) is 5.53. The molecule has 0 bridgehead atoms. The molecule has 2 aromatic carbocycles. The second-order valence-corrected chi connectivity index (χ2v) is 8.15. The van der Waals surface area contributed by atoms with E-state index in [4.69, 9.17) is 21.1 Å². The monoisotopic (exact) mass is 439 g/mol. The van der Waals surface area contributed by atoms with Crippen LogP contribution >= 0.6 is 11.6 Å². The van der Waals surface area contributed by atoms with Crippen molar-refractivity contribution in [2.24, 2.45) is 0 Å². The Morgan fingerprint density at radius 2 is 1.77 bits per heavy atom. The molecule has 0 atom stereocenters. The lowest BCUT2D eigenvalue weighted by Gasteiger charge is -2.29. The topological polar surface area (TPSA) is 56.6 Å². The number of ether oxygens (including phenoxy) is 2. The molecular weight excluding hydrogens is 414 g/mol. The van der Waals surface area contributed by atoms with E-state index in [-0.39, 0.29) is 5.91 Å². The number of aromatic nitrogens is 2. The SMILES string of the molecule is COc1cc2c(cc1OC)CN(C(=O)c1c(C)nn(Cc3ccccc3Cl)c1C)CC2. The molecule has 3 aromatic rings. The van der Waals surface area contributed by atoms with Crippen LogP contribution in [-0.2, 0) is 19.5 Å². The summed E-state index contributed by atoms with van der Waals surface area (Å²) in [6.07, 6.45) is 0.771. The average molecular weight is 440 g/mol. The third-order valence-electron chi connectivity index (χ3n) is 5.88. The third kappa shape index (κ3) is 4.00. The zero-order valence-corrected chi connectivity index (χ0v) is 19.0. The van der Waals surface area contributed by atoms with Crippen molar-refractivity contribution in [3.63, 3.8) is 0 Å². The molecule has 6 nitrogen and oxygen atoms in total. The molecule has 0 saturated carbocycles. The maximum absolute atomic E-state index is 13.5. The minimum absolute atomic E-state index is 0.000781. The summed E-state index contributed by atoms with van der Waals surface area (Å²) in [6, 6.07) is 11.7. The van der Waals surface area contributed by atoms with Crippen LogP contribution in [0.25, 0.3) is 0 Å². The van der Waals surface area contributed by atoms with Gasteiger partial charge in [0, 0.05) is 23.8 Å². The van der Waals surface area contributed by atoms with Gasteiger partial charge in [0.25, 0.3) is 5.91 Å². The van der Waals surface area contributed by atoms with Gasteiger partial charge in [0.2, 0.25) is 0 Å². The molecule has 0 spiro atoms. The van der Waals surface area contributed by atoms with Gasteiger partial charge in [-0.05, 0) is 55.2 Å². The maximum atomic E-state index is 13.5. The number of carbonyl (C=O) groups is 1. The summed E-state index contributed by atoms with van der Waals surface area (Å²) in [4.78, 5) is 15.3. The number of fused-ring (bicyclic) bond motifs is 1. The minimum Gasteiger partial charge on any atom is -0.493 e. The zero-order valence-electron chi connectivity index (χ0n) is 18.2. The van der Waals surface area contributed by atoms with E-state index in [1.165, 1.54) is 5.56 Å². The fourth-order valence-corrected chi connectivity index (χ4v) is 4.36. The van der Waals surface area contributed by atoms with Crippen molar-refractivity contribution in [3.05, 3.63) is 75.1 Å². The van der Waals surface area contributed by atoms with Gasteiger partial charge in [-0.2, -0.15) is 5.10 Å². The average Bonchev–Trinajstić information content (AvgIpc) is 3.06. The molecule has 0 saturated heterocycles. The van der Waals surface area contributed by atoms with Gasteiger partial charge < -0.3 is 14.4 Å². The fourth-order valence-electron chi connectivity index (χ4n) is 4.16. The number of aryl methyl sites for hydroxylation is 1. The van der Waals surface area contributed by atoms with E-state index in [0.717, 1.165) is 28.9 Å². The predicted octanol–water partition coefficient (Wildman–Crippen LogP) is 4.42. The maximum Gasteiger partial charge on any atom is 0.257 e.